The van der Waals surface area contributed by atoms with E-state index in [1.807, 2.05) is 31.0 Å². The van der Waals surface area contributed by atoms with Crippen LogP contribution in [0.5, 0.6) is 0 Å². The summed E-state index contributed by atoms with van der Waals surface area (Å²) in [5, 5.41) is 3.21. The van der Waals surface area contributed by atoms with Crippen LogP contribution in [-0.2, 0) is 6.42 Å². The van der Waals surface area contributed by atoms with Crippen LogP contribution in [0.25, 0.3) is 0 Å². The van der Waals surface area contributed by atoms with Crippen LogP contribution >= 0.6 is 0 Å². The molecule has 2 aromatic rings. The lowest BCUT2D eigenvalue weighted by molar-refractivity contribution is 0.628. The molecule has 0 aliphatic carbocycles. The lowest BCUT2D eigenvalue weighted by Gasteiger charge is -2.20. The maximum Gasteiger partial charge on any atom is 0.138 e. The fraction of sp³-hybridized carbons (Fsp3) is 0.375. The second kappa shape index (κ2) is 7.02. The van der Waals surface area contributed by atoms with Gasteiger partial charge in [-0.05, 0) is 31.5 Å². The van der Waals surface area contributed by atoms with Gasteiger partial charge >= 0.3 is 0 Å². The Morgan fingerprint density at radius 3 is 2.67 bits per heavy atom. The quantitative estimate of drug-likeness (QED) is 0.878. The number of rotatable bonds is 6. The molecule has 0 aliphatic heterocycles. The highest BCUT2D eigenvalue weighted by atomic mass is 19.1. The van der Waals surface area contributed by atoms with E-state index in [0.717, 1.165) is 42.5 Å². The predicted octanol–water partition coefficient (Wildman–Crippen LogP) is 3.77. The van der Waals surface area contributed by atoms with Crippen LogP contribution < -0.4 is 10.2 Å². The molecule has 0 saturated heterocycles. The molecule has 0 spiro atoms. The monoisotopic (exact) mass is 288 g/mol. The fourth-order valence-electron chi connectivity index (χ4n) is 2.08. The summed E-state index contributed by atoms with van der Waals surface area (Å²) in [6.07, 6.45) is 1.81. The van der Waals surface area contributed by atoms with Gasteiger partial charge in [0.15, 0.2) is 0 Å². The molecule has 0 atom stereocenters. The summed E-state index contributed by atoms with van der Waals surface area (Å²) in [7, 11) is 1.88. The molecule has 0 radical (unpaired) electrons. The average molecular weight is 288 g/mol. The van der Waals surface area contributed by atoms with E-state index in [-0.39, 0.29) is 5.82 Å². The fourth-order valence-corrected chi connectivity index (χ4v) is 2.08. The van der Waals surface area contributed by atoms with Crippen LogP contribution in [0.3, 0.4) is 0 Å². The Labute approximate surface area is 125 Å². The molecular formula is C16H21FN4. The first-order chi connectivity index (χ1) is 10.1. The van der Waals surface area contributed by atoms with E-state index >= 15 is 0 Å². The summed E-state index contributed by atoms with van der Waals surface area (Å²) in [6, 6.07) is 8.37. The molecular weight excluding hydrogens is 267 g/mol. The normalized spacial score (nSPS) is 10.5. The molecule has 0 saturated carbocycles. The Morgan fingerprint density at radius 1 is 1.19 bits per heavy atom. The van der Waals surface area contributed by atoms with Crippen LogP contribution in [0.4, 0.5) is 21.7 Å². The first kappa shape index (κ1) is 15.2. The molecule has 21 heavy (non-hydrogen) atoms. The lowest BCUT2D eigenvalue weighted by Crippen LogP contribution is -2.14. The Balaban J connectivity index is 2.36. The van der Waals surface area contributed by atoms with Crippen molar-refractivity contribution < 1.29 is 4.39 Å². The van der Waals surface area contributed by atoms with E-state index in [9.17, 15) is 4.39 Å². The number of hydrogen-bond donors (Lipinski definition) is 1. The largest absolute Gasteiger partial charge is 0.370 e. The minimum absolute atomic E-state index is 0.255. The Hall–Kier alpha value is -2.17. The van der Waals surface area contributed by atoms with Crippen molar-refractivity contribution >= 4 is 17.3 Å². The highest BCUT2D eigenvalue weighted by molar-refractivity contribution is 5.61. The van der Waals surface area contributed by atoms with Gasteiger partial charge in [0.05, 0.1) is 0 Å². The number of nitrogens with zero attached hydrogens (tertiary/aromatic N) is 3. The second-order valence-electron chi connectivity index (χ2n) is 4.85. The van der Waals surface area contributed by atoms with Crippen molar-refractivity contribution in [1.29, 1.82) is 0 Å². The molecule has 112 valence electrons. The zero-order valence-corrected chi connectivity index (χ0v) is 12.7. The predicted molar refractivity (Wildman–Crippen MR) is 84.7 cm³/mol. The van der Waals surface area contributed by atoms with Gasteiger partial charge in [0.2, 0.25) is 0 Å². The maximum atomic E-state index is 13.4. The van der Waals surface area contributed by atoms with Crippen LogP contribution in [0.2, 0.25) is 0 Å². The maximum absolute atomic E-state index is 13.4. The highest BCUT2D eigenvalue weighted by Gasteiger charge is 2.10. The topological polar surface area (TPSA) is 41.1 Å². The van der Waals surface area contributed by atoms with Crippen molar-refractivity contribution in [1.82, 2.24) is 9.97 Å². The third-order valence-corrected chi connectivity index (χ3v) is 3.13. The van der Waals surface area contributed by atoms with Crippen LogP contribution in [0.1, 0.15) is 26.1 Å². The van der Waals surface area contributed by atoms with Gasteiger partial charge < -0.3 is 10.2 Å². The summed E-state index contributed by atoms with van der Waals surface area (Å²) < 4.78 is 13.4. The third-order valence-electron chi connectivity index (χ3n) is 3.13. The molecule has 0 aliphatic rings. The number of nitrogens with one attached hydrogen (secondary N) is 1. The number of halogens is 1. The number of aromatic nitrogens is 2. The Morgan fingerprint density at radius 2 is 2.00 bits per heavy atom. The molecule has 2 rings (SSSR count). The van der Waals surface area contributed by atoms with Gasteiger partial charge in [0, 0.05) is 31.8 Å². The Bertz CT molecular complexity index is 576. The average Bonchev–Trinajstić information content (AvgIpc) is 2.47. The van der Waals surface area contributed by atoms with Crippen LogP contribution in [0.15, 0.2) is 30.3 Å². The molecule has 1 aromatic carbocycles. The van der Waals surface area contributed by atoms with Gasteiger partial charge in [0.1, 0.15) is 23.3 Å². The summed E-state index contributed by atoms with van der Waals surface area (Å²) in [6.45, 7) is 4.92. The van der Waals surface area contributed by atoms with E-state index < -0.39 is 0 Å². The smallest absolute Gasteiger partial charge is 0.138 e. The number of aryl methyl sites for hydroxylation is 1. The standard InChI is InChI=1S/C16H21FN4/c1-4-7-14-19-15(18-5-2)11-16(20-14)21(3)13-9-6-8-12(17)10-13/h6,8-11H,4-5,7H2,1-3H3,(H,18,19,20). The van der Waals surface area contributed by atoms with Gasteiger partial charge in [-0.1, -0.05) is 13.0 Å². The van der Waals surface area contributed by atoms with E-state index in [4.69, 9.17) is 0 Å². The van der Waals surface area contributed by atoms with Crippen LogP contribution in [-0.4, -0.2) is 23.6 Å². The number of anilines is 3. The van der Waals surface area contributed by atoms with Gasteiger partial charge in [-0.3, -0.25) is 0 Å². The van der Waals surface area contributed by atoms with Crippen molar-refractivity contribution in [3.8, 4) is 0 Å². The third kappa shape index (κ3) is 3.90. The minimum atomic E-state index is -0.255. The summed E-state index contributed by atoms with van der Waals surface area (Å²) in [4.78, 5) is 10.9. The SMILES string of the molecule is CCCc1nc(NCC)cc(N(C)c2cccc(F)c2)n1. The zero-order chi connectivity index (χ0) is 15.2. The molecule has 4 nitrogen and oxygen atoms in total. The van der Waals surface area contributed by atoms with E-state index in [2.05, 4.69) is 22.2 Å². The summed E-state index contributed by atoms with van der Waals surface area (Å²) in [5.74, 6) is 2.10. The second-order valence-corrected chi connectivity index (χ2v) is 4.85. The first-order valence-electron chi connectivity index (χ1n) is 7.25. The molecule has 1 N–H and O–H groups in total. The Kier molecular flexibility index (Phi) is 5.09. The van der Waals surface area contributed by atoms with Crippen molar-refractivity contribution in [3.05, 3.63) is 42.0 Å². The molecule has 0 bridgehead atoms. The van der Waals surface area contributed by atoms with Crippen molar-refractivity contribution in [2.45, 2.75) is 26.7 Å². The summed E-state index contributed by atoms with van der Waals surface area (Å²) >= 11 is 0. The lowest BCUT2D eigenvalue weighted by atomic mass is 10.2. The molecule has 1 heterocycles. The van der Waals surface area contributed by atoms with Crippen molar-refractivity contribution in [2.24, 2.45) is 0 Å². The number of benzene rings is 1. The van der Waals surface area contributed by atoms with Crippen LogP contribution in [0, 0.1) is 5.82 Å². The molecule has 1 aromatic heterocycles. The van der Waals surface area contributed by atoms with E-state index in [1.165, 1.54) is 12.1 Å². The summed E-state index contributed by atoms with van der Waals surface area (Å²) in [5.41, 5.74) is 0.763. The molecule has 5 heteroatoms. The molecule has 0 fully saturated rings. The van der Waals surface area contributed by atoms with Crippen molar-refractivity contribution in [3.63, 3.8) is 0 Å². The molecule has 0 unspecified atom stereocenters. The number of hydrogen-bond acceptors (Lipinski definition) is 4. The van der Waals surface area contributed by atoms with E-state index in [0.29, 0.717) is 0 Å². The minimum Gasteiger partial charge on any atom is -0.370 e. The van der Waals surface area contributed by atoms with Crippen molar-refractivity contribution in [2.75, 3.05) is 23.8 Å². The highest BCUT2D eigenvalue weighted by Crippen LogP contribution is 2.24. The van der Waals surface area contributed by atoms with Gasteiger partial charge in [-0.2, -0.15) is 0 Å². The molecule has 0 amide bonds. The van der Waals surface area contributed by atoms with Gasteiger partial charge in [0.25, 0.3) is 0 Å². The first-order valence-corrected chi connectivity index (χ1v) is 7.25. The van der Waals surface area contributed by atoms with E-state index in [1.54, 1.807) is 6.07 Å². The zero-order valence-electron chi connectivity index (χ0n) is 12.7. The van der Waals surface area contributed by atoms with Gasteiger partial charge in [-0.15, -0.1) is 0 Å². The van der Waals surface area contributed by atoms with Gasteiger partial charge in [-0.25, -0.2) is 14.4 Å².